The molecule has 3 rings (SSSR count). The molecule has 1 aliphatic heterocycles. The van der Waals surface area contributed by atoms with Crippen LogP contribution < -0.4 is 0 Å². The third-order valence-electron chi connectivity index (χ3n) is 6.10. The van der Waals surface area contributed by atoms with Crippen LogP contribution in [0.1, 0.15) is 57.6 Å². The van der Waals surface area contributed by atoms with Crippen LogP contribution in [0.5, 0.6) is 0 Å². The molecule has 2 heterocycles. The molecular weight excluding hydrogens is 378 g/mol. The third kappa shape index (κ3) is 4.95. The van der Waals surface area contributed by atoms with Crippen molar-refractivity contribution in [3.05, 3.63) is 11.9 Å². The summed E-state index contributed by atoms with van der Waals surface area (Å²) in [5.41, 5.74) is 0.956. The van der Waals surface area contributed by atoms with Crippen LogP contribution in [0, 0.1) is 11.8 Å². The van der Waals surface area contributed by atoms with Gasteiger partial charge in [0.25, 0.3) is 0 Å². The van der Waals surface area contributed by atoms with E-state index in [9.17, 15) is 13.2 Å². The van der Waals surface area contributed by atoms with Crippen LogP contribution in [0.15, 0.2) is 11.4 Å². The van der Waals surface area contributed by atoms with Crippen molar-refractivity contribution in [2.24, 2.45) is 11.8 Å². The normalized spacial score (nSPS) is 19.5. The van der Waals surface area contributed by atoms with Gasteiger partial charge in [0.05, 0.1) is 30.7 Å². The van der Waals surface area contributed by atoms with Crippen LogP contribution in [0.2, 0.25) is 0 Å². The van der Waals surface area contributed by atoms with Crippen molar-refractivity contribution in [2.75, 3.05) is 26.0 Å². The molecule has 0 unspecified atom stereocenters. The average molecular weight is 412 g/mol. The molecule has 2 fully saturated rings. The number of likely N-dealkylation sites (tertiary alicyclic amines) is 1. The zero-order chi connectivity index (χ0) is 20.1. The first-order valence-corrected chi connectivity index (χ1v) is 12.2. The van der Waals surface area contributed by atoms with Gasteiger partial charge in [-0.15, -0.1) is 0 Å². The second kappa shape index (κ2) is 9.39. The Bertz CT molecular complexity index is 762. The number of methoxy groups -OCH3 is 1. The molecular formula is C20H33N3O4S. The number of ether oxygens (including phenoxy) is 1. The number of hydrogen-bond acceptors (Lipinski definition) is 6. The van der Waals surface area contributed by atoms with Gasteiger partial charge in [-0.1, -0.05) is 19.8 Å². The summed E-state index contributed by atoms with van der Waals surface area (Å²) in [6.07, 6.45) is 8.38. The topological polar surface area (TPSA) is 81.5 Å². The molecule has 0 atom stereocenters. The second-order valence-electron chi connectivity index (χ2n) is 8.19. The maximum Gasteiger partial charge on any atom is 0.308 e. The average Bonchev–Trinajstić information content (AvgIpc) is 3.06. The largest absolute Gasteiger partial charge is 0.469 e. The van der Waals surface area contributed by atoms with Crippen LogP contribution in [0.4, 0.5) is 0 Å². The molecule has 1 saturated heterocycles. The van der Waals surface area contributed by atoms with Crippen LogP contribution in [-0.4, -0.2) is 54.8 Å². The zero-order valence-corrected chi connectivity index (χ0v) is 17.9. The van der Waals surface area contributed by atoms with Gasteiger partial charge < -0.3 is 9.30 Å². The number of carbonyl (C=O) groups excluding carboxylic acids is 1. The Morgan fingerprint density at radius 1 is 1.25 bits per heavy atom. The molecule has 1 aromatic heterocycles. The molecule has 1 aliphatic carbocycles. The first-order chi connectivity index (χ1) is 13.4. The van der Waals surface area contributed by atoms with Gasteiger partial charge in [0.1, 0.15) is 0 Å². The van der Waals surface area contributed by atoms with Gasteiger partial charge in [0.2, 0.25) is 15.0 Å². The van der Waals surface area contributed by atoms with E-state index >= 15 is 0 Å². The molecule has 0 bridgehead atoms. The predicted molar refractivity (Wildman–Crippen MR) is 107 cm³/mol. The lowest BCUT2D eigenvalue weighted by atomic mass is 9.87. The predicted octanol–water partition coefficient (Wildman–Crippen LogP) is 2.64. The van der Waals surface area contributed by atoms with Crippen LogP contribution >= 0.6 is 0 Å². The quantitative estimate of drug-likeness (QED) is 0.581. The highest BCUT2D eigenvalue weighted by atomic mass is 32.2. The summed E-state index contributed by atoms with van der Waals surface area (Å²) in [6.45, 7) is 5.08. The Labute approximate surface area is 168 Å². The Hall–Kier alpha value is -1.41. The maximum atomic E-state index is 12.9. The number of imidazole rings is 1. The van der Waals surface area contributed by atoms with Crippen LogP contribution in [0.25, 0.3) is 0 Å². The molecule has 0 aromatic carbocycles. The first-order valence-electron chi connectivity index (χ1n) is 10.5. The molecule has 8 heteroatoms. The molecule has 158 valence electrons. The fourth-order valence-electron chi connectivity index (χ4n) is 4.09. The van der Waals surface area contributed by atoms with E-state index in [-0.39, 0.29) is 22.8 Å². The highest BCUT2D eigenvalue weighted by molar-refractivity contribution is 7.91. The Balaban J connectivity index is 1.70. The van der Waals surface area contributed by atoms with E-state index in [1.54, 1.807) is 6.20 Å². The fraction of sp³-hybridized carbons (Fsp3) is 0.800. The minimum atomic E-state index is -3.35. The highest BCUT2D eigenvalue weighted by Gasteiger charge is 2.31. The summed E-state index contributed by atoms with van der Waals surface area (Å²) < 4.78 is 32.6. The molecule has 7 nitrogen and oxygen atoms in total. The Morgan fingerprint density at radius 3 is 2.54 bits per heavy atom. The summed E-state index contributed by atoms with van der Waals surface area (Å²) in [5, 5.41) is 0.243. The standard InChI is InChI=1S/C20H33N3O4S/c1-3-4-10-23-18(14-22-11-8-17(9-12-22)19(24)27-2)13-21-20(23)28(25,26)15-16-6-5-7-16/h13,16-17H,3-12,14-15H2,1-2H3. The van der Waals surface area contributed by atoms with Gasteiger partial charge in [-0.3, -0.25) is 9.69 Å². The lowest BCUT2D eigenvalue weighted by molar-refractivity contribution is -0.147. The van der Waals surface area contributed by atoms with Crippen molar-refractivity contribution in [3.8, 4) is 0 Å². The number of sulfone groups is 1. The summed E-state index contributed by atoms with van der Waals surface area (Å²) in [6, 6.07) is 0. The lowest BCUT2D eigenvalue weighted by Crippen LogP contribution is -2.36. The molecule has 0 N–H and O–H groups in total. The highest BCUT2D eigenvalue weighted by Crippen LogP contribution is 2.30. The SMILES string of the molecule is CCCCn1c(CN2CCC(C(=O)OC)CC2)cnc1S(=O)(=O)CC1CCC1. The molecule has 28 heavy (non-hydrogen) atoms. The van der Waals surface area contributed by atoms with E-state index in [4.69, 9.17) is 4.74 Å². The molecule has 0 radical (unpaired) electrons. The zero-order valence-electron chi connectivity index (χ0n) is 17.1. The lowest BCUT2D eigenvalue weighted by Gasteiger charge is -2.30. The summed E-state index contributed by atoms with van der Waals surface area (Å²) in [4.78, 5) is 18.3. The summed E-state index contributed by atoms with van der Waals surface area (Å²) in [5.74, 6) is 0.365. The van der Waals surface area contributed by atoms with E-state index in [0.717, 1.165) is 63.7 Å². The third-order valence-corrected chi connectivity index (χ3v) is 7.89. The Kier molecular flexibility index (Phi) is 7.15. The van der Waals surface area contributed by atoms with E-state index < -0.39 is 9.84 Å². The van der Waals surface area contributed by atoms with Crippen LogP contribution in [0.3, 0.4) is 0 Å². The van der Waals surface area contributed by atoms with Gasteiger partial charge in [0, 0.05) is 13.1 Å². The van der Waals surface area contributed by atoms with E-state index in [0.29, 0.717) is 19.0 Å². The molecule has 0 amide bonds. The monoisotopic (exact) mass is 411 g/mol. The van der Waals surface area contributed by atoms with Crippen molar-refractivity contribution >= 4 is 15.8 Å². The fourth-order valence-corrected chi connectivity index (χ4v) is 5.95. The molecule has 1 aromatic rings. The minimum Gasteiger partial charge on any atom is -0.469 e. The van der Waals surface area contributed by atoms with Crippen molar-refractivity contribution in [2.45, 2.75) is 70.1 Å². The molecule has 0 spiro atoms. The van der Waals surface area contributed by atoms with Crippen molar-refractivity contribution in [1.29, 1.82) is 0 Å². The number of esters is 1. The van der Waals surface area contributed by atoms with Gasteiger partial charge >= 0.3 is 5.97 Å². The minimum absolute atomic E-state index is 0.0235. The molecule has 2 aliphatic rings. The van der Waals surface area contributed by atoms with Crippen molar-refractivity contribution in [3.63, 3.8) is 0 Å². The van der Waals surface area contributed by atoms with Gasteiger partial charge in [0.15, 0.2) is 0 Å². The summed E-state index contributed by atoms with van der Waals surface area (Å²) >= 11 is 0. The second-order valence-corrected chi connectivity index (χ2v) is 10.1. The van der Waals surface area contributed by atoms with Crippen molar-refractivity contribution in [1.82, 2.24) is 14.5 Å². The summed E-state index contributed by atoms with van der Waals surface area (Å²) in [7, 11) is -1.92. The number of carbonyl (C=O) groups is 1. The van der Waals surface area contributed by atoms with E-state index in [2.05, 4.69) is 16.8 Å². The van der Waals surface area contributed by atoms with E-state index in [1.807, 2.05) is 4.57 Å². The van der Waals surface area contributed by atoms with Gasteiger partial charge in [-0.05, 0) is 51.1 Å². The van der Waals surface area contributed by atoms with Crippen molar-refractivity contribution < 1.29 is 17.9 Å². The number of hydrogen-bond donors (Lipinski definition) is 0. The first kappa shape index (κ1) is 21.3. The Morgan fingerprint density at radius 2 is 1.96 bits per heavy atom. The van der Waals surface area contributed by atoms with E-state index in [1.165, 1.54) is 7.11 Å². The number of rotatable bonds is 9. The number of unbranched alkanes of at least 4 members (excludes halogenated alkanes) is 1. The maximum absolute atomic E-state index is 12.9. The van der Waals surface area contributed by atoms with Gasteiger partial charge in [-0.2, -0.15) is 0 Å². The molecule has 1 saturated carbocycles. The van der Waals surface area contributed by atoms with Gasteiger partial charge in [-0.25, -0.2) is 13.4 Å². The number of piperidine rings is 1. The van der Waals surface area contributed by atoms with Crippen LogP contribution in [-0.2, 0) is 32.5 Å². The smallest absolute Gasteiger partial charge is 0.308 e. The number of nitrogens with zero attached hydrogens (tertiary/aromatic N) is 3. The number of aromatic nitrogens is 2.